The number of hydrogen-bond acceptors (Lipinski definition) is 1. The van der Waals surface area contributed by atoms with Crippen LogP contribution >= 0.6 is 11.6 Å². The molecule has 0 spiro atoms. The van der Waals surface area contributed by atoms with Gasteiger partial charge in [0.1, 0.15) is 5.88 Å². The molecule has 0 bridgehead atoms. The highest BCUT2D eigenvalue weighted by molar-refractivity contribution is 6.27. The third-order valence-corrected chi connectivity index (χ3v) is 3.73. The number of carbonyl (C=O) groups excluding carboxylic acids is 1. The first-order valence-corrected chi connectivity index (χ1v) is 6.67. The minimum absolute atomic E-state index is 0.0493. The predicted molar refractivity (Wildman–Crippen MR) is 70.4 cm³/mol. The number of carbonyl (C=O) groups is 1. The van der Waals surface area contributed by atoms with Gasteiger partial charge in [0.25, 0.3) is 0 Å². The number of benzene rings is 1. The van der Waals surface area contributed by atoms with Crippen molar-refractivity contribution < 1.29 is 4.79 Å². The maximum absolute atomic E-state index is 11.3. The summed E-state index contributed by atoms with van der Waals surface area (Å²) in [4.78, 5) is 11.3. The van der Waals surface area contributed by atoms with E-state index >= 15 is 0 Å². The van der Waals surface area contributed by atoms with Crippen LogP contribution in [0.1, 0.15) is 36.8 Å². The van der Waals surface area contributed by atoms with Crippen LogP contribution in [0.2, 0.25) is 0 Å². The lowest BCUT2D eigenvalue weighted by atomic mass is 9.95. The molecular weight excluding hydrogens is 234 g/mol. The van der Waals surface area contributed by atoms with Gasteiger partial charge in [-0.25, -0.2) is 0 Å². The molecule has 3 heteroatoms. The van der Waals surface area contributed by atoms with E-state index in [2.05, 4.69) is 36.5 Å². The van der Waals surface area contributed by atoms with E-state index in [0.29, 0.717) is 5.92 Å². The summed E-state index contributed by atoms with van der Waals surface area (Å²) in [5, 5.41) is 3.00. The summed E-state index contributed by atoms with van der Waals surface area (Å²) in [5.41, 5.74) is 2.78. The van der Waals surface area contributed by atoms with Crippen LogP contribution in [0.15, 0.2) is 24.3 Å². The van der Waals surface area contributed by atoms with Crippen LogP contribution in [0.4, 0.5) is 0 Å². The summed E-state index contributed by atoms with van der Waals surface area (Å²) >= 11 is 5.53. The molecule has 2 unspecified atom stereocenters. The summed E-state index contributed by atoms with van der Waals surface area (Å²) < 4.78 is 0. The third kappa shape index (κ3) is 3.01. The zero-order chi connectivity index (χ0) is 12.3. The van der Waals surface area contributed by atoms with E-state index in [0.717, 1.165) is 19.3 Å². The van der Waals surface area contributed by atoms with Crippen molar-refractivity contribution in [1.82, 2.24) is 5.32 Å². The molecule has 0 saturated heterocycles. The Kier molecular flexibility index (Phi) is 4.06. The van der Waals surface area contributed by atoms with Crippen LogP contribution in [-0.4, -0.2) is 17.8 Å². The average Bonchev–Trinajstić information content (AvgIpc) is 2.50. The average molecular weight is 252 g/mol. The highest BCUT2D eigenvalue weighted by Crippen LogP contribution is 2.29. The molecule has 0 aromatic heterocycles. The smallest absolute Gasteiger partial charge is 0.235 e. The molecule has 1 aliphatic rings. The maximum Gasteiger partial charge on any atom is 0.235 e. The van der Waals surface area contributed by atoms with Crippen molar-refractivity contribution in [2.45, 2.75) is 38.1 Å². The lowest BCUT2D eigenvalue weighted by Gasteiger charge is -2.16. The van der Waals surface area contributed by atoms with Gasteiger partial charge in [0.2, 0.25) is 5.91 Å². The van der Waals surface area contributed by atoms with Crippen molar-refractivity contribution in [3.05, 3.63) is 35.4 Å². The number of amides is 1. The van der Waals surface area contributed by atoms with Crippen LogP contribution in [0.25, 0.3) is 0 Å². The predicted octanol–water partition coefficient (Wildman–Crippen LogP) is 2.85. The van der Waals surface area contributed by atoms with Crippen LogP contribution in [-0.2, 0) is 11.2 Å². The molecule has 1 amide bonds. The van der Waals surface area contributed by atoms with E-state index in [4.69, 9.17) is 11.6 Å². The molecule has 1 N–H and O–H groups in total. The molecule has 17 heavy (non-hydrogen) atoms. The van der Waals surface area contributed by atoms with Crippen molar-refractivity contribution in [2.24, 2.45) is 0 Å². The van der Waals surface area contributed by atoms with Gasteiger partial charge in [-0.3, -0.25) is 4.79 Å². The van der Waals surface area contributed by atoms with Gasteiger partial charge in [-0.2, -0.15) is 0 Å². The standard InChI is InChI=1S/C14H18ClNO/c1-10-6-7-12(16-14(17)9-15)8-11-4-2-3-5-13(10)11/h2-5,10,12H,6-9H2,1H3,(H,16,17). The first-order chi connectivity index (χ1) is 8.20. The fourth-order valence-electron chi connectivity index (χ4n) is 2.56. The van der Waals surface area contributed by atoms with Gasteiger partial charge in [-0.05, 0) is 36.3 Å². The van der Waals surface area contributed by atoms with Crippen molar-refractivity contribution in [3.63, 3.8) is 0 Å². The Hall–Kier alpha value is -1.02. The highest BCUT2D eigenvalue weighted by Gasteiger charge is 2.21. The summed E-state index contributed by atoms with van der Waals surface area (Å²) in [7, 11) is 0. The second-order valence-electron chi connectivity index (χ2n) is 4.78. The van der Waals surface area contributed by atoms with Gasteiger partial charge in [0.15, 0.2) is 0 Å². The van der Waals surface area contributed by atoms with Crippen LogP contribution in [0.3, 0.4) is 0 Å². The Morgan fingerprint density at radius 2 is 2.18 bits per heavy atom. The summed E-state index contributed by atoms with van der Waals surface area (Å²) in [5.74, 6) is 0.557. The molecular formula is C14H18ClNO. The number of hydrogen-bond donors (Lipinski definition) is 1. The zero-order valence-electron chi connectivity index (χ0n) is 10.1. The molecule has 1 aliphatic carbocycles. The van der Waals surface area contributed by atoms with E-state index in [1.165, 1.54) is 11.1 Å². The second kappa shape index (κ2) is 5.54. The molecule has 92 valence electrons. The van der Waals surface area contributed by atoms with Gasteiger partial charge >= 0.3 is 0 Å². The number of rotatable bonds is 2. The van der Waals surface area contributed by atoms with E-state index < -0.39 is 0 Å². The molecule has 1 aromatic rings. The highest BCUT2D eigenvalue weighted by atomic mass is 35.5. The largest absolute Gasteiger partial charge is 0.352 e. The van der Waals surface area contributed by atoms with Crippen molar-refractivity contribution in [1.29, 1.82) is 0 Å². The van der Waals surface area contributed by atoms with Crippen LogP contribution < -0.4 is 5.32 Å². The minimum Gasteiger partial charge on any atom is -0.352 e. The number of halogens is 1. The Balaban J connectivity index is 2.15. The van der Waals surface area contributed by atoms with Crippen molar-refractivity contribution >= 4 is 17.5 Å². The Morgan fingerprint density at radius 3 is 2.94 bits per heavy atom. The SMILES string of the molecule is CC1CCC(NC(=O)CCl)Cc2ccccc21. The molecule has 1 aromatic carbocycles. The lowest BCUT2D eigenvalue weighted by Crippen LogP contribution is -2.36. The van der Waals surface area contributed by atoms with Crippen molar-refractivity contribution in [3.8, 4) is 0 Å². The second-order valence-corrected chi connectivity index (χ2v) is 5.05. The van der Waals surface area contributed by atoms with Gasteiger partial charge in [0.05, 0.1) is 0 Å². The Labute approximate surface area is 107 Å². The van der Waals surface area contributed by atoms with E-state index in [9.17, 15) is 4.79 Å². The Morgan fingerprint density at radius 1 is 1.41 bits per heavy atom. The molecule has 2 atom stereocenters. The number of fused-ring (bicyclic) bond motifs is 1. The van der Waals surface area contributed by atoms with Crippen LogP contribution in [0.5, 0.6) is 0 Å². The van der Waals surface area contributed by atoms with E-state index in [-0.39, 0.29) is 17.8 Å². The fraction of sp³-hybridized carbons (Fsp3) is 0.500. The normalized spacial score (nSPS) is 23.6. The maximum atomic E-state index is 11.3. The monoisotopic (exact) mass is 251 g/mol. The summed E-state index contributed by atoms with van der Waals surface area (Å²) in [6.45, 7) is 2.25. The number of alkyl halides is 1. The zero-order valence-corrected chi connectivity index (χ0v) is 10.8. The van der Waals surface area contributed by atoms with E-state index in [1.54, 1.807) is 0 Å². The van der Waals surface area contributed by atoms with Gasteiger partial charge < -0.3 is 5.32 Å². The topological polar surface area (TPSA) is 29.1 Å². The number of nitrogens with one attached hydrogen (secondary N) is 1. The van der Waals surface area contributed by atoms with Gasteiger partial charge in [-0.15, -0.1) is 11.6 Å². The first kappa shape index (κ1) is 12.4. The van der Waals surface area contributed by atoms with Crippen molar-refractivity contribution in [2.75, 3.05) is 5.88 Å². The molecule has 2 nitrogen and oxygen atoms in total. The molecule has 0 saturated carbocycles. The fourth-order valence-corrected chi connectivity index (χ4v) is 2.64. The van der Waals surface area contributed by atoms with Gasteiger partial charge in [-0.1, -0.05) is 31.2 Å². The molecule has 2 rings (SSSR count). The molecule has 0 aliphatic heterocycles. The lowest BCUT2D eigenvalue weighted by molar-refractivity contribution is -0.119. The molecule has 0 fully saturated rings. The van der Waals surface area contributed by atoms with E-state index in [1.807, 2.05) is 0 Å². The molecule has 0 radical (unpaired) electrons. The van der Waals surface area contributed by atoms with Gasteiger partial charge in [0, 0.05) is 6.04 Å². The summed E-state index contributed by atoms with van der Waals surface area (Å²) in [6, 6.07) is 8.75. The summed E-state index contributed by atoms with van der Waals surface area (Å²) in [6.07, 6.45) is 3.06. The van der Waals surface area contributed by atoms with Crippen LogP contribution in [0, 0.1) is 0 Å². The Bertz CT molecular complexity index is 405. The molecule has 0 heterocycles. The quantitative estimate of drug-likeness (QED) is 0.636. The first-order valence-electron chi connectivity index (χ1n) is 6.14. The minimum atomic E-state index is -0.0660. The third-order valence-electron chi connectivity index (χ3n) is 3.49.